The van der Waals surface area contributed by atoms with Gasteiger partial charge in [-0.25, -0.2) is 0 Å². The van der Waals surface area contributed by atoms with Gasteiger partial charge in [0.25, 0.3) is 0 Å². The fourth-order valence-corrected chi connectivity index (χ4v) is 5.61. The van der Waals surface area contributed by atoms with Crippen molar-refractivity contribution in [3.8, 4) is 0 Å². The van der Waals surface area contributed by atoms with E-state index in [4.69, 9.17) is 14.2 Å². The number of methoxy groups -OCH3 is 1. The number of halogens is 1. The lowest BCUT2D eigenvalue weighted by Gasteiger charge is -2.31. The largest absolute Gasteiger partial charge is 1.00 e. The Kier molecular flexibility index (Phi) is 13.4. The molecule has 2 bridgehead atoms. The van der Waals surface area contributed by atoms with E-state index >= 15 is 0 Å². The molecule has 2 fully saturated rings. The van der Waals surface area contributed by atoms with Crippen LogP contribution in [0.15, 0.2) is 12.2 Å². The van der Waals surface area contributed by atoms with Gasteiger partial charge in [0.1, 0.15) is 19.8 Å². The Hall–Kier alpha value is -0.670. The second-order valence-corrected chi connectivity index (χ2v) is 12.8. The smallest absolute Gasteiger partial charge is 0.311 e. The molecule has 0 N–H and O–H groups in total. The topological polar surface area (TPSA) is 61.8 Å². The minimum atomic E-state index is -0.631. The summed E-state index contributed by atoms with van der Waals surface area (Å²) in [6.45, 7) is 9.39. The molecule has 36 heavy (non-hydrogen) atoms. The third kappa shape index (κ3) is 9.57. The van der Waals surface area contributed by atoms with E-state index in [1.165, 1.54) is 12.8 Å². The molecule has 0 aromatic carbocycles. The Labute approximate surface area is 237 Å². The highest BCUT2D eigenvalue weighted by molar-refractivity contribution is 5.77. The Bertz CT molecular complexity index is 732. The highest BCUT2D eigenvalue weighted by Gasteiger charge is 2.47. The van der Waals surface area contributed by atoms with Gasteiger partial charge in [-0.2, -0.15) is 0 Å². The lowest BCUT2D eigenvalue weighted by molar-refractivity contribution is -0.870. The highest BCUT2D eigenvalue weighted by atomic mass is 127. The van der Waals surface area contributed by atoms with Crippen LogP contribution in [0.3, 0.4) is 0 Å². The Morgan fingerprint density at radius 3 is 2.17 bits per heavy atom. The van der Waals surface area contributed by atoms with Crippen molar-refractivity contribution in [1.29, 1.82) is 0 Å². The number of hydrogen-bond acceptors (Lipinski definition) is 5. The number of carbonyl (C=O) groups is 2. The maximum Gasteiger partial charge on any atom is 0.311 e. The maximum atomic E-state index is 12.4. The number of nitrogens with zero attached hydrogens (tertiary/aromatic N) is 1. The van der Waals surface area contributed by atoms with Crippen LogP contribution in [0.4, 0.5) is 0 Å². The number of quaternary nitrogens is 1. The average Bonchev–Trinajstić information content (AvgIpc) is 3.52. The van der Waals surface area contributed by atoms with E-state index in [0.29, 0.717) is 32.5 Å². The summed E-state index contributed by atoms with van der Waals surface area (Å²) in [5.74, 6) is 3.91. The molecule has 0 saturated heterocycles. The molecule has 2 saturated carbocycles. The number of esters is 2. The molecule has 5 unspecified atom stereocenters. The van der Waals surface area contributed by atoms with Crippen molar-refractivity contribution >= 4 is 11.9 Å². The standard InChI is InChI=1S/C19H38NO5.C10H14.HI/c1-9-19(4,17(22)25-15-14-23-8)11-10-18(2,3)16(21)24-13-12-20(5,6)7;1-2-9-7-4-5-8(6-7)10(9)3-1;/h9-15H2,1-8H3;1-2,7-10H,3-6H2;1H/q+1;;/p-1. The molecule has 0 heterocycles. The van der Waals surface area contributed by atoms with E-state index in [2.05, 4.69) is 33.3 Å². The van der Waals surface area contributed by atoms with E-state index in [1.807, 2.05) is 27.7 Å². The first-order valence-corrected chi connectivity index (χ1v) is 13.6. The zero-order valence-corrected chi connectivity index (χ0v) is 26.3. The molecule has 6 nitrogen and oxygen atoms in total. The number of hydrogen-bond donors (Lipinski definition) is 0. The third-order valence-electron chi connectivity index (χ3n) is 8.57. The first-order valence-electron chi connectivity index (χ1n) is 13.6. The first kappa shape index (κ1) is 33.4. The van der Waals surface area contributed by atoms with E-state index < -0.39 is 10.8 Å². The van der Waals surface area contributed by atoms with Crippen LogP contribution in [-0.4, -0.2) is 71.0 Å². The summed E-state index contributed by atoms with van der Waals surface area (Å²) in [7, 11) is 7.74. The number of allylic oxidation sites excluding steroid dienone is 2. The normalized spacial score (nSPS) is 25.8. The predicted octanol–water partition coefficient (Wildman–Crippen LogP) is 2.26. The van der Waals surface area contributed by atoms with Crippen molar-refractivity contribution in [3.05, 3.63) is 12.2 Å². The molecule has 3 rings (SSSR count). The predicted molar refractivity (Wildman–Crippen MR) is 140 cm³/mol. The molecule has 3 aliphatic carbocycles. The fourth-order valence-electron chi connectivity index (χ4n) is 5.61. The average molecular weight is 622 g/mol. The van der Waals surface area contributed by atoms with Gasteiger partial charge in [-0.3, -0.25) is 9.59 Å². The number of rotatable bonds is 12. The molecule has 0 radical (unpaired) electrons. The van der Waals surface area contributed by atoms with Crippen LogP contribution < -0.4 is 24.0 Å². The molecule has 0 amide bonds. The molecule has 0 spiro atoms. The molecule has 0 aliphatic heterocycles. The fraction of sp³-hybridized carbons (Fsp3) is 0.862. The van der Waals surface area contributed by atoms with Gasteiger partial charge in [0, 0.05) is 7.11 Å². The molecule has 0 aromatic heterocycles. The summed E-state index contributed by atoms with van der Waals surface area (Å²) >= 11 is 0. The lowest BCUT2D eigenvalue weighted by atomic mass is 9.76. The molecule has 210 valence electrons. The summed E-state index contributed by atoms with van der Waals surface area (Å²) < 4.78 is 16.4. The van der Waals surface area contributed by atoms with Crippen LogP contribution in [0.1, 0.15) is 72.6 Å². The van der Waals surface area contributed by atoms with E-state index in [9.17, 15) is 9.59 Å². The minimum Gasteiger partial charge on any atom is -1.00 e. The van der Waals surface area contributed by atoms with Crippen LogP contribution in [0.5, 0.6) is 0 Å². The van der Waals surface area contributed by atoms with Crippen LogP contribution >= 0.6 is 0 Å². The molecular weight excluding hydrogens is 569 g/mol. The number of likely N-dealkylation sites (N-methyl/N-ethyl adjacent to an activating group) is 1. The van der Waals surface area contributed by atoms with Gasteiger partial charge < -0.3 is 42.7 Å². The Morgan fingerprint density at radius 1 is 0.944 bits per heavy atom. The van der Waals surface area contributed by atoms with E-state index in [0.717, 1.165) is 34.7 Å². The van der Waals surface area contributed by atoms with Crippen molar-refractivity contribution < 1.29 is 52.3 Å². The van der Waals surface area contributed by atoms with E-state index in [1.54, 1.807) is 20.0 Å². The zero-order valence-electron chi connectivity index (χ0n) is 24.1. The van der Waals surface area contributed by atoms with Gasteiger partial charge >= 0.3 is 11.9 Å². The third-order valence-corrected chi connectivity index (χ3v) is 8.57. The first-order chi connectivity index (χ1) is 16.3. The van der Waals surface area contributed by atoms with Crippen LogP contribution in [0.25, 0.3) is 0 Å². The number of fused-ring (bicyclic) bond motifs is 5. The van der Waals surface area contributed by atoms with Crippen molar-refractivity contribution in [2.45, 2.75) is 72.6 Å². The quantitative estimate of drug-likeness (QED) is 0.110. The summed E-state index contributed by atoms with van der Waals surface area (Å²) in [6.07, 6.45) is 12.8. The molecule has 3 aliphatic rings. The molecule has 0 aromatic rings. The van der Waals surface area contributed by atoms with Crippen molar-refractivity contribution in [2.24, 2.45) is 34.5 Å². The molecule has 5 atom stereocenters. The highest BCUT2D eigenvalue weighted by Crippen LogP contribution is 2.56. The minimum absolute atomic E-state index is 0. The maximum absolute atomic E-state index is 12.4. The second kappa shape index (κ2) is 14.5. The Balaban J connectivity index is 0.000000476. The van der Waals surface area contributed by atoms with Gasteiger partial charge in [-0.15, -0.1) is 0 Å². The Morgan fingerprint density at radius 2 is 1.58 bits per heavy atom. The second-order valence-electron chi connectivity index (χ2n) is 12.8. The summed E-state index contributed by atoms with van der Waals surface area (Å²) in [6, 6.07) is 0. The van der Waals surface area contributed by atoms with Gasteiger partial charge in [0.2, 0.25) is 0 Å². The van der Waals surface area contributed by atoms with Crippen molar-refractivity contribution in [2.75, 3.05) is 54.6 Å². The van der Waals surface area contributed by atoms with E-state index in [-0.39, 0.29) is 42.5 Å². The molecule has 7 heteroatoms. The van der Waals surface area contributed by atoms with Crippen LogP contribution in [-0.2, 0) is 23.8 Å². The number of carbonyl (C=O) groups excluding carboxylic acids is 2. The molecular formula is C29H52INO5. The zero-order chi connectivity index (χ0) is 26.3. The van der Waals surface area contributed by atoms with Crippen molar-refractivity contribution in [3.63, 3.8) is 0 Å². The SMILES string of the molecule is C1=CC2C3CCC(C3)C2C1.CCC(C)(CCC(C)(C)C(=O)OCC[N+](C)(C)C)C(=O)OCCOC.[I-]. The van der Waals surface area contributed by atoms with Crippen LogP contribution in [0.2, 0.25) is 0 Å². The summed E-state index contributed by atoms with van der Waals surface area (Å²) in [5, 5.41) is 0. The summed E-state index contributed by atoms with van der Waals surface area (Å²) in [4.78, 5) is 24.7. The lowest BCUT2D eigenvalue weighted by Crippen LogP contribution is -3.00. The van der Waals surface area contributed by atoms with Gasteiger partial charge in [0.15, 0.2) is 0 Å². The van der Waals surface area contributed by atoms with Gasteiger partial charge in [-0.1, -0.05) is 19.1 Å². The monoisotopic (exact) mass is 621 g/mol. The summed E-state index contributed by atoms with van der Waals surface area (Å²) in [5.41, 5.74) is -1.23. The van der Waals surface area contributed by atoms with Crippen molar-refractivity contribution in [1.82, 2.24) is 0 Å². The van der Waals surface area contributed by atoms with Crippen LogP contribution in [0, 0.1) is 34.5 Å². The number of ether oxygens (including phenoxy) is 3. The van der Waals surface area contributed by atoms with Gasteiger partial charge in [0.05, 0.1) is 38.6 Å². The van der Waals surface area contributed by atoms with Gasteiger partial charge in [-0.05, 0) is 89.4 Å².